The molecule has 0 aromatic carbocycles. The zero-order valence-electron chi connectivity index (χ0n) is 7.10. The van der Waals surface area contributed by atoms with Crippen LogP contribution in [0.25, 0.3) is 6.08 Å². The molecule has 2 rings (SSSR count). The van der Waals surface area contributed by atoms with Crippen molar-refractivity contribution in [1.29, 1.82) is 0 Å². The summed E-state index contributed by atoms with van der Waals surface area (Å²) in [5, 5.41) is 8.90. The SMILES string of the molecule is CC1c2cnsc2C=CC1C(=O)O. The highest BCUT2D eigenvalue weighted by Crippen LogP contribution is 2.35. The summed E-state index contributed by atoms with van der Waals surface area (Å²) in [6.45, 7) is 1.93. The van der Waals surface area contributed by atoms with Gasteiger partial charge in [-0.15, -0.1) is 0 Å². The van der Waals surface area contributed by atoms with Gasteiger partial charge >= 0.3 is 5.97 Å². The van der Waals surface area contributed by atoms with Gasteiger partial charge in [0.15, 0.2) is 0 Å². The maximum atomic E-state index is 10.8. The lowest BCUT2D eigenvalue weighted by atomic mass is 9.84. The van der Waals surface area contributed by atoms with Gasteiger partial charge in [0.2, 0.25) is 0 Å². The lowest BCUT2D eigenvalue weighted by Gasteiger charge is -2.19. The van der Waals surface area contributed by atoms with Crippen LogP contribution in [0.2, 0.25) is 0 Å². The van der Waals surface area contributed by atoms with Crippen LogP contribution in [0.3, 0.4) is 0 Å². The van der Waals surface area contributed by atoms with Gasteiger partial charge < -0.3 is 5.11 Å². The predicted molar refractivity (Wildman–Crippen MR) is 50.7 cm³/mol. The smallest absolute Gasteiger partial charge is 0.310 e. The van der Waals surface area contributed by atoms with Crippen LogP contribution in [-0.4, -0.2) is 15.4 Å². The number of hydrogen-bond acceptors (Lipinski definition) is 3. The van der Waals surface area contributed by atoms with Crippen molar-refractivity contribution in [3.8, 4) is 0 Å². The third kappa shape index (κ3) is 1.27. The van der Waals surface area contributed by atoms with Gasteiger partial charge in [-0.3, -0.25) is 4.79 Å². The molecule has 0 saturated carbocycles. The normalized spacial score (nSPS) is 25.6. The molecule has 0 spiro atoms. The van der Waals surface area contributed by atoms with Crippen LogP contribution in [0.5, 0.6) is 0 Å². The zero-order chi connectivity index (χ0) is 9.42. The lowest BCUT2D eigenvalue weighted by Crippen LogP contribution is -2.20. The summed E-state index contributed by atoms with van der Waals surface area (Å²) < 4.78 is 4.05. The van der Waals surface area contributed by atoms with Gasteiger partial charge in [-0.2, -0.15) is 0 Å². The molecule has 0 bridgehead atoms. The van der Waals surface area contributed by atoms with Gasteiger partial charge in [-0.1, -0.05) is 13.0 Å². The molecule has 2 unspecified atom stereocenters. The molecule has 0 radical (unpaired) electrons. The number of carbonyl (C=O) groups is 1. The summed E-state index contributed by atoms with van der Waals surface area (Å²) in [5.41, 5.74) is 1.06. The fourth-order valence-electron chi connectivity index (χ4n) is 1.57. The number of rotatable bonds is 1. The Labute approximate surface area is 79.9 Å². The maximum absolute atomic E-state index is 10.8. The van der Waals surface area contributed by atoms with Crippen LogP contribution < -0.4 is 0 Å². The summed E-state index contributed by atoms with van der Waals surface area (Å²) >= 11 is 1.41. The van der Waals surface area contributed by atoms with Gasteiger partial charge in [-0.25, -0.2) is 4.37 Å². The van der Waals surface area contributed by atoms with Crippen LogP contribution in [0, 0.1) is 5.92 Å². The van der Waals surface area contributed by atoms with Gasteiger partial charge in [-0.05, 0) is 23.2 Å². The first-order valence-electron chi connectivity index (χ1n) is 4.05. The molecule has 1 N–H and O–H groups in total. The maximum Gasteiger partial charge on any atom is 0.310 e. The van der Waals surface area contributed by atoms with Crippen molar-refractivity contribution in [3.63, 3.8) is 0 Å². The molecule has 3 nitrogen and oxygen atoms in total. The van der Waals surface area contributed by atoms with Crippen LogP contribution in [-0.2, 0) is 4.79 Å². The molecule has 0 saturated heterocycles. The molecule has 2 atom stereocenters. The Morgan fingerprint density at radius 3 is 3.15 bits per heavy atom. The van der Waals surface area contributed by atoms with Crippen LogP contribution in [0.15, 0.2) is 12.3 Å². The molecule has 1 aromatic heterocycles. The second kappa shape index (κ2) is 2.96. The monoisotopic (exact) mass is 195 g/mol. The van der Waals surface area contributed by atoms with E-state index in [-0.39, 0.29) is 5.92 Å². The fraction of sp³-hybridized carbons (Fsp3) is 0.333. The minimum atomic E-state index is -0.763. The summed E-state index contributed by atoms with van der Waals surface area (Å²) in [4.78, 5) is 11.9. The van der Waals surface area contributed by atoms with Crippen LogP contribution >= 0.6 is 11.5 Å². The third-order valence-electron chi connectivity index (χ3n) is 2.40. The van der Waals surface area contributed by atoms with Gasteiger partial charge in [0.1, 0.15) is 0 Å². The van der Waals surface area contributed by atoms with E-state index in [4.69, 9.17) is 5.11 Å². The van der Waals surface area contributed by atoms with Crippen LogP contribution in [0.1, 0.15) is 23.3 Å². The van der Waals surface area contributed by atoms with E-state index in [1.807, 2.05) is 13.0 Å². The van der Waals surface area contributed by atoms with E-state index in [0.717, 1.165) is 10.4 Å². The number of fused-ring (bicyclic) bond motifs is 1. The lowest BCUT2D eigenvalue weighted by molar-refractivity contribution is -0.140. The first kappa shape index (κ1) is 8.44. The number of aliphatic carboxylic acids is 1. The van der Waals surface area contributed by atoms with E-state index >= 15 is 0 Å². The molecular weight excluding hydrogens is 186 g/mol. The van der Waals surface area contributed by atoms with Gasteiger partial charge in [0.25, 0.3) is 0 Å². The second-order valence-corrected chi connectivity index (χ2v) is 3.99. The largest absolute Gasteiger partial charge is 0.481 e. The van der Waals surface area contributed by atoms with E-state index in [0.29, 0.717) is 0 Å². The van der Waals surface area contributed by atoms with Crippen molar-refractivity contribution in [2.24, 2.45) is 5.92 Å². The van der Waals surface area contributed by atoms with Crippen molar-refractivity contribution < 1.29 is 9.90 Å². The Hall–Kier alpha value is -1.16. The van der Waals surface area contributed by atoms with E-state index in [1.165, 1.54) is 11.5 Å². The molecule has 1 aromatic rings. The first-order valence-corrected chi connectivity index (χ1v) is 4.83. The summed E-state index contributed by atoms with van der Waals surface area (Å²) in [6.07, 6.45) is 5.36. The van der Waals surface area contributed by atoms with Crippen molar-refractivity contribution in [2.45, 2.75) is 12.8 Å². The van der Waals surface area contributed by atoms with Crippen molar-refractivity contribution >= 4 is 23.6 Å². The molecule has 1 heterocycles. The summed E-state index contributed by atoms with van der Waals surface area (Å²) in [6, 6.07) is 0. The minimum absolute atomic E-state index is 0.0382. The quantitative estimate of drug-likeness (QED) is 0.745. The molecule has 68 valence electrons. The number of carboxylic acid groups (broad SMARTS) is 1. The van der Waals surface area contributed by atoms with Crippen molar-refractivity contribution in [2.75, 3.05) is 0 Å². The van der Waals surface area contributed by atoms with Gasteiger partial charge in [0, 0.05) is 12.1 Å². The molecular formula is C9H9NO2S. The number of hydrogen-bond donors (Lipinski definition) is 1. The predicted octanol–water partition coefficient (Wildman–Crippen LogP) is 1.97. The van der Waals surface area contributed by atoms with E-state index < -0.39 is 11.9 Å². The molecule has 13 heavy (non-hydrogen) atoms. The van der Waals surface area contributed by atoms with E-state index in [9.17, 15) is 4.79 Å². The molecule has 4 heteroatoms. The highest BCUT2D eigenvalue weighted by Gasteiger charge is 2.28. The number of aromatic nitrogens is 1. The fourth-order valence-corrected chi connectivity index (χ4v) is 2.34. The first-order chi connectivity index (χ1) is 6.20. The molecule has 1 aliphatic carbocycles. The summed E-state index contributed by atoms with van der Waals surface area (Å²) in [7, 11) is 0. The average Bonchev–Trinajstić information content (AvgIpc) is 2.52. The Morgan fingerprint density at radius 2 is 2.46 bits per heavy atom. The highest BCUT2D eigenvalue weighted by molar-refractivity contribution is 7.06. The highest BCUT2D eigenvalue weighted by atomic mass is 32.1. The van der Waals surface area contributed by atoms with Gasteiger partial charge in [0.05, 0.1) is 10.8 Å². The van der Waals surface area contributed by atoms with Crippen molar-refractivity contribution in [1.82, 2.24) is 4.37 Å². The number of carboxylic acids is 1. The molecule has 0 amide bonds. The Balaban J connectivity index is 2.41. The van der Waals surface area contributed by atoms with Crippen LogP contribution in [0.4, 0.5) is 0 Å². The third-order valence-corrected chi connectivity index (χ3v) is 3.18. The second-order valence-electron chi connectivity index (χ2n) is 3.16. The Bertz CT molecular complexity index is 369. The Morgan fingerprint density at radius 1 is 1.69 bits per heavy atom. The Kier molecular flexibility index (Phi) is 1.92. The minimum Gasteiger partial charge on any atom is -0.481 e. The standard InChI is InChI=1S/C9H9NO2S/c1-5-6(9(11)12)2-3-8-7(5)4-10-13-8/h2-6H,1H3,(H,11,12). The van der Waals surface area contributed by atoms with Crippen molar-refractivity contribution in [3.05, 3.63) is 22.7 Å². The topological polar surface area (TPSA) is 50.2 Å². The summed E-state index contributed by atoms with van der Waals surface area (Å²) in [5.74, 6) is -1.12. The van der Waals surface area contributed by atoms with E-state index in [2.05, 4.69) is 4.37 Å². The zero-order valence-corrected chi connectivity index (χ0v) is 7.91. The van der Waals surface area contributed by atoms with E-state index in [1.54, 1.807) is 12.3 Å². The molecule has 1 aliphatic rings. The number of nitrogens with zero attached hydrogens (tertiary/aromatic N) is 1. The average molecular weight is 195 g/mol. The molecule has 0 aliphatic heterocycles. The molecule has 0 fully saturated rings.